The maximum absolute atomic E-state index is 13.4. The van der Waals surface area contributed by atoms with Gasteiger partial charge in [0.25, 0.3) is 0 Å². The fourth-order valence-electron chi connectivity index (χ4n) is 5.36. The smallest absolute Gasteiger partial charge is 0.419 e. The fraction of sp³-hybridized carbons (Fsp3) is 0.889. The number of hydrogen-bond donors (Lipinski definition) is 2. The molecule has 0 aromatic heterocycles. The van der Waals surface area contributed by atoms with E-state index in [4.69, 9.17) is 14.2 Å². The number of carbonyl (C=O) groups is 1. The first-order valence-corrected chi connectivity index (χ1v) is 13.0. The monoisotopic (exact) mass is 524 g/mol. The van der Waals surface area contributed by atoms with Crippen LogP contribution in [-0.4, -0.2) is 64.1 Å². The molecule has 0 saturated heterocycles. The van der Waals surface area contributed by atoms with Crippen molar-refractivity contribution < 1.29 is 42.4 Å². The van der Waals surface area contributed by atoms with Gasteiger partial charge in [-0.3, -0.25) is 0 Å². The Kier molecular flexibility index (Phi) is 11.1. The second kappa shape index (κ2) is 12.1. The SMILES string of the molecule is C=C(C)C(=O)OC1CC(C(CC)(CC)OCC(C)(C)O)C(C(CC)(CC)OCC(C)(O)C(F)(F)F)C1. The molecule has 0 heterocycles. The molecule has 4 unspecified atom stereocenters. The summed E-state index contributed by atoms with van der Waals surface area (Å²) in [5.41, 5.74) is -5.56. The van der Waals surface area contributed by atoms with E-state index < -0.39 is 47.3 Å². The predicted octanol–water partition coefficient (Wildman–Crippen LogP) is 5.74. The molecule has 0 aromatic carbocycles. The summed E-state index contributed by atoms with van der Waals surface area (Å²) >= 11 is 0. The Balaban J connectivity index is 3.50. The van der Waals surface area contributed by atoms with Crippen LogP contribution in [0.15, 0.2) is 12.2 Å². The van der Waals surface area contributed by atoms with E-state index in [0.29, 0.717) is 45.4 Å². The number of ether oxygens (including phenoxy) is 3. The number of carbonyl (C=O) groups excluding carboxylic acids is 1. The van der Waals surface area contributed by atoms with Crippen molar-refractivity contribution in [2.24, 2.45) is 11.8 Å². The van der Waals surface area contributed by atoms with Gasteiger partial charge in [-0.25, -0.2) is 4.79 Å². The van der Waals surface area contributed by atoms with Crippen molar-refractivity contribution >= 4 is 5.97 Å². The van der Waals surface area contributed by atoms with Crippen molar-refractivity contribution in [3.8, 4) is 0 Å². The second-order valence-corrected chi connectivity index (χ2v) is 11.2. The van der Waals surface area contributed by atoms with Gasteiger partial charge in [-0.05, 0) is 78.1 Å². The quantitative estimate of drug-likeness (QED) is 0.223. The zero-order chi connectivity index (χ0) is 28.2. The van der Waals surface area contributed by atoms with E-state index in [0.717, 1.165) is 0 Å². The molecular formula is C27H47F3O6. The molecule has 0 amide bonds. The largest absolute Gasteiger partial charge is 0.459 e. The lowest BCUT2D eigenvalue weighted by molar-refractivity contribution is -0.283. The third-order valence-corrected chi connectivity index (χ3v) is 7.85. The molecule has 36 heavy (non-hydrogen) atoms. The van der Waals surface area contributed by atoms with Gasteiger partial charge in [0, 0.05) is 5.57 Å². The Morgan fingerprint density at radius 1 is 0.861 bits per heavy atom. The van der Waals surface area contributed by atoms with Crippen molar-refractivity contribution in [3.05, 3.63) is 12.2 Å². The molecule has 0 spiro atoms. The molecule has 1 aliphatic carbocycles. The summed E-state index contributed by atoms with van der Waals surface area (Å²) in [7, 11) is 0. The normalized spacial score (nSPS) is 23.4. The van der Waals surface area contributed by atoms with Gasteiger partial charge in [-0.2, -0.15) is 13.2 Å². The van der Waals surface area contributed by atoms with E-state index >= 15 is 0 Å². The first-order chi connectivity index (χ1) is 16.3. The molecule has 6 nitrogen and oxygen atoms in total. The lowest BCUT2D eigenvalue weighted by Gasteiger charge is -2.48. The first kappa shape index (κ1) is 32.9. The molecule has 0 aromatic rings. The first-order valence-electron chi connectivity index (χ1n) is 13.0. The molecule has 4 atom stereocenters. The summed E-state index contributed by atoms with van der Waals surface area (Å²) in [5.74, 6) is -1.07. The Labute approximate surface area is 214 Å². The third-order valence-electron chi connectivity index (χ3n) is 7.85. The Morgan fingerprint density at radius 3 is 1.56 bits per heavy atom. The molecule has 9 heteroatoms. The molecular weight excluding hydrogens is 477 g/mol. The third kappa shape index (κ3) is 7.68. The summed E-state index contributed by atoms with van der Waals surface area (Å²) in [6.07, 6.45) is -2.54. The van der Waals surface area contributed by atoms with Gasteiger partial charge in [0.1, 0.15) is 6.10 Å². The molecule has 2 N–H and O–H groups in total. The van der Waals surface area contributed by atoms with Crippen LogP contribution in [0.2, 0.25) is 0 Å². The molecule has 212 valence electrons. The Morgan fingerprint density at radius 2 is 1.25 bits per heavy atom. The number of aliphatic hydroxyl groups is 2. The zero-order valence-electron chi connectivity index (χ0n) is 23.3. The molecule has 1 saturated carbocycles. The van der Waals surface area contributed by atoms with Crippen LogP contribution in [0.3, 0.4) is 0 Å². The molecule has 1 aliphatic rings. The highest BCUT2D eigenvalue weighted by Crippen LogP contribution is 2.53. The Hall–Kier alpha value is -1.16. The second-order valence-electron chi connectivity index (χ2n) is 11.2. The minimum Gasteiger partial charge on any atom is -0.459 e. The standard InChI is InChI=1S/C27H47F3O6/c1-10-25(11-2,34-16-23(7,8)32)20-14-19(36-22(31)18(5)6)15-21(20)26(12-3,13-4)35-17-24(9,33)27(28,29)30/h19-21,32-33H,5,10-17H2,1-4,6-9H3. The van der Waals surface area contributed by atoms with Crippen molar-refractivity contribution in [1.29, 1.82) is 0 Å². The van der Waals surface area contributed by atoms with Crippen LogP contribution in [0.1, 0.15) is 93.9 Å². The highest BCUT2D eigenvalue weighted by Gasteiger charge is 2.57. The highest BCUT2D eigenvalue weighted by atomic mass is 19.4. The van der Waals surface area contributed by atoms with Gasteiger partial charge in [0.15, 0.2) is 5.60 Å². The lowest BCUT2D eigenvalue weighted by Crippen LogP contribution is -2.54. The van der Waals surface area contributed by atoms with E-state index in [2.05, 4.69) is 6.58 Å². The van der Waals surface area contributed by atoms with Gasteiger partial charge < -0.3 is 24.4 Å². The van der Waals surface area contributed by atoms with Gasteiger partial charge in [-0.15, -0.1) is 0 Å². The zero-order valence-corrected chi connectivity index (χ0v) is 23.3. The van der Waals surface area contributed by atoms with Crippen molar-refractivity contribution in [1.82, 2.24) is 0 Å². The van der Waals surface area contributed by atoms with Crippen molar-refractivity contribution in [3.63, 3.8) is 0 Å². The van der Waals surface area contributed by atoms with Gasteiger partial charge in [-0.1, -0.05) is 34.3 Å². The number of esters is 1. The number of rotatable bonds is 14. The highest BCUT2D eigenvalue weighted by molar-refractivity contribution is 5.87. The topological polar surface area (TPSA) is 85.2 Å². The summed E-state index contributed by atoms with van der Waals surface area (Å²) in [6, 6.07) is 0. The van der Waals surface area contributed by atoms with E-state index in [9.17, 15) is 28.2 Å². The number of halogens is 3. The molecule has 0 radical (unpaired) electrons. The van der Waals surface area contributed by atoms with E-state index in [1.807, 2.05) is 27.7 Å². The van der Waals surface area contributed by atoms with Gasteiger partial charge >= 0.3 is 12.1 Å². The maximum atomic E-state index is 13.4. The van der Waals surface area contributed by atoms with Gasteiger partial charge in [0.2, 0.25) is 0 Å². The van der Waals surface area contributed by atoms with Crippen LogP contribution in [-0.2, 0) is 19.0 Å². The minimum absolute atomic E-state index is 0.0724. The Bertz CT molecular complexity index is 733. The summed E-state index contributed by atoms with van der Waals surface area (Å²) in [4.78, 5) is 12.3. The summed E-state index contributed by atoms with van der Waals surface area (Å²) in [5, 5.41) is 20.4. The molecule has 1 fully saturated rings. The van der Waals surface area contributed by atoms with Crippen LogP contribution in [0.5, 0.6) is 0 Å². The molecule has 0 bridgehead atoms. The molecule has 1 rings (SSSR count). The summed E-state index contributed by atoms with van der Waals surface area (Å²) in [6.45, 7) is 16.0. The average Bonchev–Trinajstić information content (AvgIpc) is 3.19. The lowest BCUT2D eigenvalue weighted by atomic mass is 9.68. The van der Waals surface area contributed by atoms with E-state index in [1.165, 1.54) is 0 Å². The van der Waals surface area contributed by atoms with Crippen molar-refractivity contribution in [2.45, 2.75) is 129 Å². The fourth-order valence-corrected chi connectivity index (χ4v) is 5.36. The summed E-state index contributed by atoms with van der Waals surface area (Å²) < 4.78 is 58.4. The predicted molar refractivity (Wildman–Crippen MR) is 132 cm³/mol. The maximum Gasteiger partial charge on any atom is 0.419 e. The molecule has 0 aliphatic heterocycles. The van der Waals surface area contributed by atoms with E-state index in [-0.39, 0.29) is 24.0 Å². The average molecular weight is 525 g/mol. The number of alkyl halides is 3. The minimum atomic E-state index is -4.85. The van der Waals surface area contributed by atoms with Crippen LogP contribution >= 0.6 is 0 Å². The van der Waals surface area contributed by atoms with Crippen LogP contribution in [0, 0.1) is 11.8 Å². The van der Waals surface area contributed by atoms with Crippen molar-refractivity contribution in [2.75, 3.05) is 13.2 Å². The van der Waals surface area contributed by atoms with E-state index in [1.54, 1.807) is 20.8 Å². The van der Waals surface area contributed by atoms with Gasteiger partial charge in [0.05, 0.1) is 30.0 Å². The van der Waals surface area contributed by atoms with Crippen LogP contribution < -0.4 is 0 Å². The number of hydrogen-bond acceptors (Lipinski definition) is 6. The van der Waals surface area contributed by atoms with Crippen LogP contribution in [0.25, 0.3) is 0 Å². The van der Waals surface area contributed by atoms with Crippen LogP contribution in [0.4, 0.5) is 13.2 Å².